The zero-order valence-corrected chi connectivity index (χ0v) is 14.4. The number of hydrogen-bond donors (Lipinski definition) is 1. The molecule has 0 spiro atoms. The van der Waals surface area contributed by atoms with Crippen LogP contribution < -0.4 is 10.1 Å². The van der Waals surface area contributed by atoms with Crippen molar-refractivity contribution in [2.45, 2.75) is 52.4 Å². The predicted octanol–water partition coefficient (Wildman–Crippen LogP) is 6.13. The summed E-state index contributed by atoms with van der Waals surface area (Å²) in [6, 6.07) is 12.5. The van der Waals surface area contributed by atoms with Gasteiger partial charge >= 0.3 is 0 Å². The number of anilines is 2. The molecule has 0 bridgehead atoms. The normalized spacial score (nSPS) is 13.7. The summed E-state index contributed by atoms with van der Waals surface area (Å²) in [5, 5.41) is 3.51. The molecule has 0 saturated carbocycles. The highest BCUT2D eigenvalue weighted by atomic mass is 16.5. The maximum atomic E-state index is 6.12. The maximum absolute atomic E-state index is 6.12. The van der Waals surface area contributed by atoms with E-state index >= 15 is 0 Å². The lowest BCUT2D eigenvalue weighted by atomic mass is 9.75. The number of ether oxygens (including phenoxy) is 1. The highest BCUT2D eigenvalue weighted by Gasteiger charge is 2.28. The van der Waals surface area contributed by atoms with Crippen LogP contribution in [-0.4, -0.2) is 0 Å². The van der Waals surface area contributed by atoms with Crippen LogP contribution in [0.4, 0.5) is 11.4 Å². The molecule has 1 heterocycles. The minimum Gasteiger partial charge on any atom is -0.453 e. The van der Waals surface area contributed by atoms with Crippen LogP contribution in [0.25, 0.3) is 0 Å². The Morgan fingerprint density at radius 3 is 1.95 bits per heavy atom. The molecule has 22 heavy (non-hydrogen) atoms. The predicted molar refractivity (Wildman–Crippen MR) is 93.6 cm³/mol. The van der Waals surface area contributed by atoms with Gasteiger partial charge in [-0.3, -0.25) is 0 Å². The van der Waals surface area contributed by atoms with E-state index < -0.39 is 0 Å². The van der Waals surface area contributed by atoms with E-state index in [4.69, 9.17) is 4.74 Å². The van der Waals surface area contributed by atoms with Gasteiger partial charge in [0.1, 0.15) is 0 Å². The summed E-state index contributed by atoms with van der Waals surface area (Å²) in [5.74, 6) is 1.80. The van der Waals surface area contributed by atoms with Crippen LogP contribution in [0.5, 0.6) is 11.5 Å². The molecule has 1 N–H and O–H groups in total. The molecule has 0 unspecified atom stereocenters. The molecule has 0 amide bonds. The van der Waals surface area contributed by atoms with Crippen LogP contribution >= 0.6 is 0 Å². The molecular weight excluding hydrogens is 270 g/mol. The fraction of sp³-hybridized carbons (Fsp3) is 0.400. The standard InChI is InChI=1S/C20H25NO/c1-19(2,3)13-11-16-18(12-14(13)20(4,5)6)22-17-10-8-7-9-15(17)21-16/h7-12,21H,1-6H3. The van der Waals surface area contributed by atoms with Gasteiger partial charge in [-0.25, -0.2) is 0 Å². The molecule has 3 rings (SSSR count). The second kappa shape index (κ2) is 4.77. The first-order chi connectivity index (χ1) is 10.2. The maximum Gasteiger partial charge on any atom is 0.151 e. The fourth-order valence-corrected chi connectivity index (χ4v) is 2.93. The van der Waals surface area contributed by atoms with Gasteiger partial charge in [-0.1, -0.05) is 53.7 Å². The number of fused-ring (bicyclic) bond motifs is 2. The molecule has 1 aliphatic heterocycles. The van der Waals surface area contributed by atoms with E-state index in [1.807, 2.05) is 24.3 Å². The summed E-state index contributed by atoms with van der Waals surface area (Å²) in [6.45, 7) is 13.6. The number of nitrogens with one attached hydrogen (secondary N) is 1. The van der Waals surface area contributed by atoms with Crippen molar-refractivity contribution < 1.29 is 4.74 Å². The SMILES string of the molecule is CC(C)(C)c1cc2c(cc1C(C)(C)C)Oc1ccccc1N2. The third-order valence-corrected chi connectivity index (χ3v) is 4.11. The van der Waals surface area contributed by atoms with Gasteiger partial charge in [-0.2, -0.15) is 0 Å². The van der Waals surface area contributed by atoms with Crippen molar-refractivity contribution in [1.29, 1.82) is 0 Å². The number of rotatable bonds is 0. The van der Waals surface area contributed by atoms with Gasteiger partial charge in [-0.05, 0) is 46.2 Å². The van der Waals surface area contributed by atoms with Crippen molar-refractivity contribution in [3.63, 3.8) is 0 Å². The van der Waals surface area contributed by atoms with E-state index in [1.165, 1.54) is 11.1 Å². The quantitative estimate of drug-likeness (QED) is 0.538. The molecule has 0 atom stereocenters. The van der Waals surface area contributed by atoms with Crippen LogP contribution in [0.2, 0.25) is 0 Å². The zero-order chi connectivity index (χ0) is 16.1. The number of benzene rings is 2. The first-order valence-corrected chi connectivity index (χ1v) is 7.89. The third-order valence-electron chi connectivity index (χ3n) is 4.11. The lowest BCUT2D eigenvalue weighted by Crippen LogP contribution is -2.22. The van der Waals surface area contributed by atoms with Gasteiger partial charge in [0.25, 0.3) is 0 Å². The van der Waals surface area contributed by atoms with Gasteiger partial charge in [0.2, 0.25) is 0 Å². The molecule has 1 aliphatic rings. The van der Waals surface area contributed by atoms with E-state index in [9.17, 15) is 0 Å². The minimum absolute atomic E-state index is 0.0813. The van der Waals surface area contributed by atoms with Crippen LogP contribution in [0, 0.1) is 0 Å². The Kier molecular flexibility index (Phi) is 3.24. The van der Waals surface area contributed by atoms with Gasteiger partial charge in [0.05, 0.1) is 11.4 Å². The fourth-order valence-electron chi connectivity index (χ4n) is 2.93. The van der Waals surface area contributed by atoms with Crippen LogP contribution in [0.1, 0.15) is 52.7 Å². The van der Waals surface area contributed by atoms with Crippen molar-refractivity contribution in [2.24, 2.45) is 0 Å². The van der Waals surface area contributed by atoms with Gasteiger partial charge < -0.3 is 10.1 Å². The molecular formula is C20H25NO. The topological polar surface area (TPSA) is 21.3 Å². The Bertz CT molecular complexity index is 655. The van der Waals surface area contributed by atoms with Crippen molar-refractivity contribution in [3.05, 3.63) is 47.5 Å². The molecule has 0 fully saturated rings. The summed E-state index contributed by atoms with van der Waals surface area (Å²) in [7, 11) is 0. The summed E-state index contributed by atoms with van der Waals surface area (Å²) in [5.41, 5.74) is 4.97. The molecule has 0 aromatic heterocycles. The van der Waals surface area contributed by atoms with E-state index in [2.05, 4.69) is 59.0 Å². The Morgan fingerprint density at radius 1 is 0.727 bits per heavy atom. The van der Waals surface area contributed by atoms with Crippen LogP contribution in [0.3, 0.4) is 0 Å². The summed E-state index contributed by atoms with van der Waals surface area (Å²) in [4.78, 5) is 0. The molecule has 2 aromatic rings. The average molecular weight is 295 g/mol. The monoisotopic (exact) mass is 295 g/mol. The number of hydrogen-bond acceptors (Lipinski definition) is 2. The average Bonchev–Trinajstić information content (AvgIpc) is 2.41. The van der Waals surface area contributed by atoms with Crippen molar-refractivity contribution in [1.82, 2.24) is 0 Å². The second-order valence-corrected chi connectivity index (χ2v) is 8.12. The summed E-state index contributed by atoms with van der Waals surface area (Å²) >= 11 is 0. The summed E-state index contributed by atoms with van der Waals surface area (Å²) < 4.78 is 6.12. The van der Waals surface area contributed by atoms with Gasteiger partial charge in [0, 0.05) is 0 Å². The van der Waals surface area contributed by atoms with Gasteiger partial charge in [-0.15, -0.1) is 0 Å². The van der Waals surface area contributed by atoms with E-state index in [-0.39, 0.29) is 10.8 Å². The van der Waals surface area contributed by atoms with Crippen molar-refractivity contribution in [2.75, 3.05) is 5.32 Å². The lowest BCUT2D eigenvalue weighted by Gasteiger charge is -2.33. The Labute approximate surface area is 133 Å². The molecule has 0 saturated heterocycles. The van der Waals surface area contributed by atoms with E-state index in [1.54, 1.807) is 0 Å². The first-order valence-electron chi connectivity index (χ1n) is 7.89. The Hall–Kier alpha value is -1.96. The Balaban J connectivity index is 2.17. The molecule has 0 radical (unpaired) electrons. The van der Waals surface area contributed by atoms with E-state index in [0.717, 1.165) is 22.9 Å². The highest BCUT2D eigenvalue weighted by Crippen LogP contribution is 2.46. The molecule has 116 valence electrons. The molecule has 2 nitrogen and oxygen atoms in total. The van der Waals surface area contributed by atoms with Crippen molar-refractivity contribution in [3.8, 4) is 11.5 Å². The van der Waals surface area contributed by atoms with E-state index in [0.29, 0.717) is 0 Å². The first kappa shape index (κ1) is 15.0. The minimum atomic E-state index is 0.0813. The van der Waals surface area contributed by atoms with Gasteiger partial charge in [0.15, 0.2) is 11.5 Å². The van der Waals surface area contributed by atoms with Crippen LogP contribution in [-0.2, 0) is 10.8 Å². The van der Waals surface area contributed by atoms with Crippen LogP contribution in [0.15, 0.2) is 36.4 Å². The second-order valence-electron chi connectivity index (χ2n) is 8.12. The third kappa shape index (κ3) is 2.58. The Morgan fingerprint density at radius 2 is 1.32 bits per heavy atom. The molecule has 2 heteroatoms. The van der Waals surface area contributed by atoms with Crippen molar-refractivity contribution >= 4 is 11.4 Å². The molecule has 2 aromatic carbocycles. The highest BCUT2D eigenvalue weighted by molar-refractivity contribution is 5.77. The largest absolute Gasteiger partial charge is 0.453 e. The molecule has 0 aliphatic carbocycles. The smallest absolute Gasteiger partial charge is 0.151 e. The number of para-hydroxylation sites is 2. The lowest BCUT2D eigenvalue weighted by molar-refractivity contribution is 0.472. The summed E-state index contributed by atoms with van der Waals surface area (Å²) in [6.07, 6.45) is 0. The zero-order valence-electron chi connectivity index (χ0n) is 14.4.